The number of benzene rings is 2. The SMILES string of the molecule is Cc1nc(-c2ccc(C(=O)Nc3cc(Cl)ccc3C)cc2)cs1. The zero-order valence-electron chi connectivity index (χ0n) is 12.8. The van der Waals surface area contributed by atoms with Gasteiger partial charge in [0.2, 0.25) is 0 Å². The monoisotopic (exact) mass is 342 g/mol. The number of carbonyl (C=O) groups excluding carboxylic acids is 1. The fourth-order valence-electron chi connectivity index (χ4n) is 2.21. The van der Waals surface area contributed by atoms with Crippen molar-refractivity contribution in [2.24, 2.45) is 0 Å². The number of amides is 1. The van der Waals surface area contributed by atoms with Crippen LogP contribution in [0, 0.1) is 13.8 Å². The molecule has 0 radical (unpaired) electrons. The molecule has 116 valence electrons. The Morgan fingerprint density at radius 3 is 2.52 bits per heavy atom. The second kappa shape index (κ2) is 6.52. The maximum absolute atomic E-state index is 12.4. The summed E-state index contributed by atoms with van der Waals surface area (Å²) in [5.74, 6) is -0.156. The zero-order chi connectivity index (χ0) is 16.4. The van der Waals surface area contributed by atoms with Crippen LogP contribution in [0.25, 0.3) is 11.3 Å². The van der Waals surface area contributed by atoms with Crippen LogP contribution in [0.4, 0.5) is 5.69 Å². The number of rotatable bonds is 3. The molecule has 2 aromatic carbocycles. The predicted molar refractivity (Wildman–Crippen MR) is 96.4 cm³/mol. The highest BCUT2D eigenvalue weighted by Crippen LogP contribution is 2.23. The lowest BCUT2D eigenvalue weighted by Crippen LogP contribution is -2.12. The molecule has 0 saturated carbocycles. The third-order valence-corrected chi connectivity index (χ3v) is 4.52. The highest BCUT2D eigenvalue weighted by molar-refractivity contribution is 7.09. The summed E-state index contributed by atoms with van der Waals surface area (Å²) < 4.78 is 0. The van der Waals surface area contributed by atoms with Gasteiger partial charge in [-0.1, -0.05) is 29.8 Å². The van der Waals surface area contributed by atoms with E-state index in [0.29, 0.717) is 10.6 Å². The molecular formula is C18H15ClN2OS. The number of anilines is 1. The summed E-state index contributed by atoms with van der Waals surface area (Å²) in [6.45, 7) is 3.91. The van der Waals surface area contributed by atoms with Gasteiger partial charge in [0.05, 0.1) is 10.7 Å². The van der Waals surface area contributed by atoms with Crippen LogP contribution < -0.4 is 5.32 Å². The highest BCUT2D eigenvalue weighted by Gasteiger charge is 2.09. The van der Waals surface area contributed by atoms with Crippen LogP contribution in [0.2, 0.25) is 5.02 Å². The average molecular weight is 343 g/mol. The van der Waals surface area contributed by atoms with Gasteiger partial charge in [-0.3, -0.25) is 4.79 Å². The molecule has 0 aliphatic carbocycles. The van der Waals surface area contributed by atoms with E-state index in [2.05, 4.69) is 10.3 Å². The second-order valence-electron chi connectivity index (χ2n) is 5.24. The Labute approximate surface area is 144 Å². The Hall–Kier alpha value is -2.17. The van der Waals surface area contributed by atoms with E-state index in [4.69, 9.17) is 11.6 Å². The van der Waals surface area contributed by atoms with Crippen molar-refractivity contribution >= 4 is 34.5 Å². The van der Waals surface area contributed by atoms with Gasteiger partial charge in [-0.15, -0.1) is 11.3 Å². The van der Waals surface area contributed by atoms with Gasteiger partial charge in [-0.2, -0.15) is 0 Å². The molecular weight excluding hydrogens is 328 g/mol. The maximum atomic E-state index is 12.4. The first-order valence-corrected chi connectivity index (χ1v) is 8.39. The molecule has 0 atom stereocenters. The Bertz CT molecular complexity index is 856. The summed E-state index contributed by atoms with van der Waals surface area (Å²) in [4.78, 5) is 16.8. The number of nitrogens with zero attached hydrogens (tertiary/aromatic N) is 1. The van der Waals surface area contributed by atoms with E-state index in [1.54, 1.807) is 35.6 Å². The minimum atomic E-state index is -0.156. The molecule has 0 fully saturated rings. The minimum absolute atomic E-state index is 0.156. The van der Waals surface area contributed by atoms with Crippen molar-refractivity contribution in [1.82, 2.24) is 4.98 Å². The Balaban J connectivity index is 1.79. The fourth-order valence-corrected chi connectivity index (χ4v) is 3.01. The molecule has 1 amide bonds. The Morgan fingerprint density at radius 2 is 1.87 bits per heavy atom. The Morgan fingerprint density at radius 1 is 1.13 bits per heavy atom. The molecule has 1 N–H and O–H groups in total. The molecule has 0 spiro atoms. The van der Waals surface area contributed by atoms with Crippen molar-refractivity contribution in [2.45, 2.75) is 13.8 Å². The largest absolute Gasteiger partial charge is 0.322 e. The average Bonchev–Trinajstić information content (AvgIpc) is 2.97. The van der Waals surface area contributed by atoms with Gasteiger partial charge in [-0.25, -0.2) is 4.98 Å². The summed E-state index contributed by atoms with van der Waals surface area (Å²) in [6, 6.07) is 12.9. The van der Waals surface area contributed by atoms with E-state index in [1.807, 2.05) is 37.4 Å². The molecule has 0 saturated heterocycles. The molecule has 3 rings (SSSR count). The topological polar surface area (TPSA) is 42.0 Å². The van der Waals surface area contributed by atoms with Crippen LogP contribution in [0.3, 0.4) is 0 Å². The number of hydrogen-bond acceptors (Lipinski definition) is 3. The number of thiazole rings is 1. The fraction of sp³-hybridized carbons (Fsp3) is 0.111. The van der Waals surface area contributed by atoms with Gasteiger partial charge in [-0.05, 0) is 43.7 Å². The van der Waals surface area contributed by atoms with Crippen LogP contribution in [-0.4, -0.2) is 10.9 Å². The van der Waals surface area contributed by atoms with Crippen molar-refractivity contribution in [3.8, 4) is 11.3 Å². The first-order valence-electron chi connectivity index (χ1n) is 7.13. The minimum Gasteiger partial charge on any atom is -0.322 e. The van der Waals surface area contributed by atoms with E-state index in [-0.39, 0.29) is 5.91 Å². The first-order chi connectivity index (χ1) is 11.0. The van der Waals surface area contributed by atoms with Crippen molar-refractivity contribution < 1.29 is 4.79 Å². The third kappa shape index (κ3) is 3.60. The van der Waals surface area contributed by atoms with E-state index < -0.39 is 0 Å². The van der Waals surface area contributed by atoms with Gasteiger partial charge in [0, 0.05) is 27.2 Å². The lowest BCUT2D eigenvalue weighted by molar-refractivity contribution is 0.102. The van der Waals surface area contributed by atoms with Crippen molar-refractivity contribution in [3.63, 3.8) is 0 Å². The molecule has 3 aromatic rings. The molecule has 3 nitrogen and oxygen atoms in total. The normalized spacial score (nSPS) is 10.6. The maximum Gasteiger partial charge on any atom is 0.255 e. The molecule has 23 heavy (non-hydrogen) atoms. The number of halogens is 1. The van der Waals surface area contributed by atoms with Crippen LogP contribution in [0.15, 0.2) is 47.8 Å². The zero-order valence-corrected chi connectivity index (χ0v) is 14.3. The summed E-state index contributed by atoms with van der Waals surface area (Å²) >= 11 is 7.59. The number of hydrogen-bond donors (Lipinski definition) is 1. The number of carbonyl (C=O) groups is 1. The third-order valence-electron chi connectivity index (χ3n) is 3.51. The van der Waals surface area contributed by atoms with Crippen LogP contribution in [-0.2, 0) is 0 Å². The summed E-state index contributed by atoms with van der Waals surface area (Å²) in [5.41, 5.74) is 4.23. The van der Waals surface area contributed by atoms with Crippen molar-refractivity contribution in [2.75, 3.05) is 5.32 Å². The molecule has 5 heteroatoms. The van der Waals surface area contributed by atoms with E-state index in [1.165, 1.54) is 0 Å². The van der Waals surface area contributed by atoms with Gasteiger partial charge >= 0.3 is 0 Å². The quantitative estimate of drug-likeness (QED) is 0.698. The number of aryl methyl sites for hydroxylation is 2. The van der Waals surface area contributed by atoms with Crippen LogP contribution >= 0.6 is 22.9 Å². The van der Waals surface area contributed by atoms with Gasteiger partial charge < -0.3 is 5.32 Å². The van der Waals surface area contributed by atoms with Crippen LogP contribution in [0.5, 0.6) is 0 Å². The van der Waals surface area contributed by atoms with Crippen molar-refractivity contribution in [1.29, 1.82) is 0 Å². The first kappa shape index (κ1) is 15.7. The Kier molecular flexibility index (Phi) is 4.46. The number of aromatic nitrogens is 1. The van der Waals surface area contributed by atoms with E-state index >= 15 is 0 Å². The summed E-state index contributed by atoms with van der Waals surface area (Å²) in [7, 11) is 0. The molecule has 0 bridgehead atoms. The van der Waals surface area contributed by atoms with Crippen molar-refractivity contribution in [3.05, 3.63) is 69.0 Å². The molecule has 1 heterocycles. The summed E-state index contributed by atoms with van der Waals surface area (Å²) in [6.07, 6.45) is 0. The summed E-state index contributed by atoms with van der Waals surface area (Å²) in [5, 5.41) is 6.53. The smallest absolute Gasteiger partial charge is 0.255 e. The predicted octanol–water partition coefficient (Wildman–Crippen LogP) is 5.33. The standard InChI is InChI=1S/C18H15ClN2OS/c1-11-3-8-15(19)9-16(11)21-18(22)14-6-4-13(5-7-14)17-10-23-12(2)20-17/h3-10H,1-2H3,(H,21,22). The molecule has 1 aromatic heterocycles. The highest BCUT2D eigenvalue weighted by atomic mass is 35.5. The lowest BCUT2D eigenvalue weighted by Gasteiger charge is -2.09. The molecule has 0 unspecified atom stereocenters. The number of nitrogens with one attached hydrogen (secondary N) is 1. The van der Waals surface area contributed by atoms with E-state index in [9.17, 15) is 4.79 Å². The lowest BCUT2D eigenvalue weighted by atomic mass is 10.1. The van der Waals surface area contributed by atoms with E-state index in [0.717, 1.165) is 27.5 Å². The van der Waals surface area contributed by atoms with Gasteiger partial charge in [0.1, 0.15) is 0 Å². The van der Waals surface area contributed by atoms with Crippen LogP contribution in [0.1, 0.15) is 20.9 Å². The molecule has 0 aliphatic rings. The van der Waals surface area contributed by atoms with Gasteiger partial charge in [0.15, 0.2) is 0 Å². The molecule has 0 aliphatic heterocycles. The van der Waals surface area contributed by atoms with Gasteiger partial charge in [0.25, 0.3) is 5.91 Å². The second-order valence-corrected chi connectivity index (χ2v) is 6.74.